The third-order valence-corrected chi connectivity index (χ3v) is 1.51. The molecule has 0 fully saturated rings. The summed E-state index contributed by atoms with van der Waals surface area (Å²) in [7, 11) is 0. The number of halogens is 2. The van der Waals surface area contributed by atoms with E-state index in [1.165, 1.54) is 0 Å². The topological polar surface area (TPSA) is 118 Å². The number of nitrogens with one attached hydrogen (secondary N) is 1. The van der Waals surface area contributed by atoms with Crippen LogP contribution < -0.4 is 16.8 Å². The fraction of sp³-hybridized carbons (Fsp3) is 0.714. The molecule has 1 atom stereocenters. The van der Waals surface area contributed by atoms with Crippen molar-refractivity contribution in [2.45, 2.75) is 18.4 Å². The molecule has 0 aliphatic rings. The third-order valence-electron chi connectivity index (χ3n) is 1.51. The highest BCUT2D eigenvalue weighted by Crippen LogP contribution is 2.09. The molecule has 6 nitrogen and oxygen atoms in total. The first-order valence-corrected chi connectivity index (χ1v) is 4.09. The summed E-state index contributed by atoms with van der Waals surface area (Å²) in [5.41, 5.74) is 9.92. The number of nitrogens with two attached hydrogens (primary N) is 2. The van der Waals surface area contributed by atoms with Gasteiger partial charge in [0.05, 0.1) is 19.0 Å². The van der Waals surface area contributed by atoms with E-state index in [9.17, 15) is 18.4 Å². The van der Waals surface area contributed by atoms with Gasteiger partial charge in [0.1, 0.15) is 6.61 Å². The van der Waals surface area contributed by atoms with Crippen molar-refractivity contribution in [3.8, 4) is 0 Å². The number of hydrogen-bond donors (Lipinski definition) is 4. The largest absolute Gasteiger partial charge is 0.390 e. The number of carbonyl (C=O) groups excluding carboxylic acids is 2. The van der Waals surface area contributed by atoms with Crippen molar-refractivity contribution in [1.82, 2.24) is 5.32 Å². The standard InChI is InChI=1S/C7H13F2N3O3/c8-7(9,3-13)2-12-6(15)4(10)1-5(11)14/h4,13H,1-3,10H2,(H2,11,14)(H,12,15). The minimum Gasteiger partial charge on any atom is -0.390 e. The Morgan fingerprint density at radius 3 is 2.40 bits per heavy atom. The van der Waals surface area contributed by atoms with Crippen LogP contribution in [-0.2, 0) is 9.59 Å². The summed E-state index contributed by atoms with van der Waals surface area (Å²) >= 11 is 0. The van der Waals surface area contributed by atoms with Gasteiger partial charge in [0.15, 0.2) is 0 Å². The number of amides is 2. The van der Waals surface area contributed by atoms with E-state index in [4.69, 9.17) is 16.6 Å². The number of hydrogen-bond acceptors (Lipinski definition) is 4. The molecule has 2 amide bonds. The highest BCUT2D eigenvalue weighted by atomic mass is 19.3. The van der Waals surface area contributed by atoms with Gasteiger partial charge in [-0.2, -0.15) is 0 Å². The second-order valence-corrected chi connectivity index (χ2v) is 3.01. The summed E-state index contributed by atoms with van der Waals surface area (Å²) in [4.78, 5) is 21.3. The molecule has 0 saturated carbocycles. The van der Waals surface area contributed by atoms with Gasteiger partial charge in [0.2, 0.25) is 11.8 Å². The van der Waals surface area contributed by atoms with Crippen LogP contribution in [0, 0.1) is 0 Å². The first kappa shape index (κ1) is 13.7. The average molecular weight is 225 g/mol. The van der Waals surface area contributed by atoms with Crippen LogP contribution in [0.3, 0.4) is 0 Å². The van der Waals surface area contributed by atoms with Crippen molar-refractivity contribution in [1.29, 1.82) is 0 Å². The second-order valence-electron chi connectivity index (χ2n) is 3.01. The lowest BCUT2D eigenvalue weighted by atomic mass is 10.2. The Hall–Kier alpha value is -1.28. The van der Waals surface area contributed by atoms with Gasteiger partial charge in [-0.25, -0.2) is 8.78 Å². The maximum absolute atomic E-state index is 12.4. The molecule has 0 rings (SSSR count). The lowest BCUT2D eigenvalue weighted by Gasteiger charge is -2.15. The summed E-state index contributed by atoms with van der Waals surface area (Å²) in [6, 6.07) is -1.25. The molecule has 0 bridgehead atoms. The predicted octanol–water partition coefficient (Wildman–Crippen LogP) is -2.07. The Bertz CT molecular complexity index is 248. The third kappa shape index (κ3) is 5.92. The van der Waals surface area contributed by atoms with Gasteiger partial charge >= 0.3 is 0 Å². The van der Waals surface area contributed by atoms with E-state index in [1.807, 2.05) is 0 Å². The number of primary amides is 1. The molecule has 0 heterocycles. The molecule has 0 aromatic carbocycles. The minimum absolute atomic E-state index is 0.420. The Morgan fingerprint density at radius 1 is 1.47 bits per heavy atom. The van der Waals surface area contributed by atoms with E-state index in [-0.39, 0.29) is 0 Å². The molecule has 0 spiro atoms. The normalized spacial score (nSPS) is 13.3. The minimum atomic E-state index is -3.40. The van der Waals surface area contributed by atoms with Gasteiger partial charge in [-0.05, 0) is 0 Å². The molecule has 0 aliphatic heterocycles. The molecule has 0 aromatic rings. The monoisotopic (exact) mass is 225 g/mol. The Labute approximate surface area is 84.6 Å². The lowest BCUT2D eigenvalue weighted by Crippen LogP contribution is -2.47. The molecule has 15 heavy (non-hydrogen) atoms. The Balaban J connectivity index is 3.98. The zero-order valence-electron chi connectivity index (χ0n) is 7.87. The van der Waals surface area contributed by atoms with Crippen molar-refractivity contribution >= 4 is 11.8 Å². The van der Waals surface area contributed by atoms with Crippen LogP contribution in [0.4, 0.5) is 8.78 Å². The summed E-state index contributed by atoms with van der Waals surface area (Å²) in [6.07, 6.45) is -0.420. The number of aliphatic hydroxyl groups excluding tert-OH is 1. The second kappa shape index (κ2) is 5.56. The van der Waals surface area contributed by atoms with Gasteiger partial charge in [0, 0.05) is 0 Å². The smallest absolute Gasteiger partial charge is 0.287 e. The van der Waals surface area contributed by atoms with Crippen molar-refractivity contribution in [3.05, 3.63) is 0 Å². The van der Waals surface area contributed by atoms with Gasteiger partial charge in [-0.1, -0.05) is 0 Å². The van der Waals surface area contributed by atoms with Crippen molar-refractivity contribution < 1.29 is 23.5 Å². The fourth-order valence-electron chi connectivity index (χ4n) is 0.713. The molecule has 0 saturated heterocycles. The molecule has 6 N–H and O–H groups in total. The van der Waals surface area contributed by atoms with Gasteiger partial charge in [-0.3, -0.25) is 9.59 Å². The van der Waals surface area contributed by atoms with Crippen LogP contribution in [0.25, 0.3) is 0 Å². The molecule has 8 heteroatoms. The first-order chi connectivity index (χ1) is 6.78. The quantitative estimate of drug-likeness (QED) is 0.415. The number of aliphatic hydroxyl groups is 1. The van der Waals surface area contributed by atoms with Crippen molar-refractivity contribution in [3.63, 3.8) is 0 Å². The van der Waals surface area contributed by atoms with Crippen LogP contribution in [0.2, 0.25) is 0 Å². The Morgan fingerprint density at radius 2 is 2.00 bits per heavy atom. The van der Waals surface area contributed by atoms with Crippen LogP contribution in [0.15, 0.2) is 0 Å². The zero-order chi connectivity index (χ0) is 12.1. The van der Waals surface area contributed by atoms with Crippen molar-refractivity contribution in [2.75, 3.05) is 13.2 Å². The van der Waals surface area contributed by atoms with E-state index in [1.54, 1.807) is 5.32 Å². The molecule has 88 valence electrons. The first-order valence-electron chi connectivity index (χ1n) is 4.09. The molecule has 0 aromatic heterocycles. The van der Waals surface area contributed by atoms with E-state index in [0.717, 1.165) is 0 Å². The van der Waals surface area contributed by atoms with E-state index < -0.39 is 43.4 Å². The molecular weight excluding hydrogens is 212 g/mol. The number of rotatable bonds is 6. The summed E-state index contributed by atoms with van der Waals surface area (Å²) in [5, 5.41) is 9.98. The average Bonchev–Trinajstić information content (AvgIpc) is 2.13. The summed E-state index contributed by atoms with van der Waals surface area (Å²) in [5.74, 6) is -5.12. The predicted molar refractivity (Wildman–Crippen MR) is 46.8 cm³/mol. The maximum Gasteiger partial charge on any atom is 0.287 e. The number of alkyl halides is 2. The SMILES string of the molecule is NC(=O)CC(N)C(=O)NCC(F)(F)CO. The Kier molecular flexibility index (Phi) is 5.09. The van der Waals surface area contributed by atoms with Crippen LogP contribution in [-0.4, -0.2) is 42.0 Å². The summed E-state index contributed by atoms with van der Waals surface area (Å²) < 4.78 is 24.9. The van der Waals surface area contributed by atoms with E-state index in [2.05, 4.69) is 0 Å². The van der Waals surface area contributed by atoms with Crippen molar-refractivity contribution in [2.24, 2.45) is 11.5 Å². The van der Waals surface area contributed by atoms with Crippen LogP contribution in [0.1, 0.15) is 6.42 Å². The highest BCUT2D eigenvalue weighted by Gasteiger charge is 2.29. The lowest BCUT2D eigenvalue weighted by molar-refractivity contribution is -0.128. The van der Waals surface area contributed by atoms with Crippen LogP contribution in [0.5, 0.6) is 0 Å². The van der Waals surface area contributed by atoms with Gasteiger partial charge in [-0.15, -0.1) is 0 Å². The highest BCUT2D eigenvalue weighted by molar-refractivity contribution is 5.87. The molecular formula is C7H13F2N3O3. The van der Waals surface area contributed by atoms with Gasteiger partial charge < -0.3 is 21.9 Å². The molecule has 1 unspecified atom stereocenters. The maximum atomic E-state index is 12.4. The molecule has 0 radical (unpaired) electrons. The number of carbonyl (C=O) groups is 2. The van der Waals surface area contributed by atoms with Crippen LogP contribution >= 0.6 is 0 Å². The summed E-state index contributed by atoms with van der Waals surface area (Å²) in [6.45, 7) is -2.41. The van der Waals surface area contributed by atoms with E-state index >= 15 is 0 Å². The van der Waals surface area contributed by atoms with Gasteiger partial charge in [0.25, 0.3) is 5.92 Å². The molecule has 0 aliphatic carbocycles. The fourth-order valence-corrected chi connectivity index (χ4v) is 0.713. The zero-order valence-corrected chi connectivity index (χ0v) is 7.87. The van der Waals surface area contributed by atoms with E-state index in [0.29, 0.717) is 0 Å².